The van der Waals surface area contributed by atoms with E-state index in [2.05, 4.69) is 0 Å². The molecule has 1 N–H and O–H groups in total. The van der Waals surface area contributed by atoms with E-state index < -0.39 is 18.2 Å². The number of hydrogen-bond acceptors (Lipinski definition) is 8. The molecule has 2 aliphatic rings. The summed E-state index contributed by atoms with van der Waals surface area (Å²) in [5, 5.41) is 10.8. The van der Waals surface area contributed by atoms with Gasteiger partial charge >= 0.3 is 5.97 Å². The minimum atomic E-state index is -0.737. The van der Waals surface area contributed by atoms with Crippen LogP contribution < -0.4 is 9.47 Å². The summed E-state index contributed by atoms with van der Waals surface area (Å²) >= 11 is 2.86. The lowest BCUT2D eigenvalue weighted by Crippen LogP contribution is -2.31. The van der Waals surface area contributed by atoms with E-state index in [0.717, 1.165) is 44.5 Å². The van der Waals surface area contributed by atoms with Gasteiger partial charge in [-0.1, -0.05) is 41.7 Å². The number of pyridine rings is 1. The third-order valence-electron chi connectivity index (χ3n) is 7.22. The number of aromatic nitrogens is 1. The quantitative estimate of drug-likeness (QED) is 0.196. The number of rotatable bonds is 9. The van der Waals surface area contributed by atoms with Crippen molar-refractivity contribution in [2.75, 3.05) is 14.2 Å². The van der Waals surface area contributed by atoms with Crippen molar-refractivity contribution >= 4 is 46.5 Å². The lowest BCUT2D eigenvalue weighted by molar-refractivity contribution is -0.156. The van der Waals surface area contributed by atoms with Crippen LogP contribution in [0, 0.1) is 5.82 Å². The van der Waals surface area contributed by atoms with Crippen LogP contribution in [0.3, 0.4) is 0 Å². The van der Waals surface area contributed by atoms with Crippen molar-refractivity contribution in [2.45, 2.75) is 63.4 Å². The third kappa shape index (κ3) is 6.43. The topological polar surface area (TPSA) is 77.9 Å². The van der Waals surface area contributed by atoms with Crippen LogP contribution in [0.2, 0.25) is 0 Å². The number of benzene rings is 3. The lowest BCUT2D eigenvalue weighted by atomic mass is 10.0. The van der Waals surface area contributed by atoms with Crippen LogP contribution in [0.4, 0.5) is 4.39 Å². The number of ether oxygens (including phenoxy) is 3. The van der Waals surface area contributed by atoms with Gasteiger partial charge in [-0.15, -0.1) is 0 Å². The molecule has 216 valence electrons. The van der Waals surface area contributed by atoms with Crippen LogP contribution in [-0.4, -0.2) is 42.5 Å². The summed E-state index contributed by atoms with van der Waals surface area (Å²) < 4.78 is 32.1. The normalized spacial score (nSPS) is 18.8. The SMILES string of the molecule is COc1cccc(Sc2cc3nc(C4CC4)c(/C=C/C4CC(O)CC(=O)O4)c(Sc4cccc(OC)c4)c3cc2F)c1. The van der Waals surface area contributed by atoms with Gasteiger partial charge in [-0.3, -0.25) is 9.78 Å². The van der Waals surface area contributed by atoms with E-state index in [1.54, 1.807) is 20.3 Å². The second-order valence-corrected chi connectivity index (χ2v) is 12.6. The molecule has 1 aliphatic heterocycles. The third-order valence-corrected chi connectivity index (χ3v) is 9.37. The van der Waals surface area contributed by atoms with Crippen LogP contribution in [-0.2, 0) is 9.53 Å². The molecule has 2 fully saturated rings. The minimum Gasteiger partial charge on any atom is -0.497 e. The smallest absolute Gasteiger partial charge is 0.309 e. The summed E-state index contributed by atoms with van der Waals surface area (Å²) in [6.07, 6.45) is 4.83. The molecule has 3 aromatic carbocycles. The largest absolute Gasteiger partial charge is 0.497 e. The molecular weight excluding hydrogens is 573 g/mol. The Balaban J connectivity index is 1.47. The van der Waals surface area contributed by atoms with Gasteiger partial charge in [-0.2, -0.15) is 0 Å². The van der Waals surface area contributed by atoms with Crippen LogP contribution >= 0.6 is 23.5 Å². The molecule has 42 heavy (non-hydrogen) atoms. The molecule has 1 aromatic heterocycles. The molecule has 2 unspecified atom stereocenters. The Hall–Kier alpha value is -3.53. The fraction of sp³-hybridized carbons (Fsp3) is 0.273. The van der Waals surface area contributed by atoms with Gasteiger partial charge in [0.15, 0.2) is 0 Å². The first-order valence-electron chi connectivity index (χ1n) is 13.8. The zero-order valence-corrected chi connectivity index (χ0v) is 24.8. The van der Waals surface area contributed by atoms with Gasteiger partial charge in [-0.05, 0) is 67.4 Å². The summed E-state index contributed by atoms with van der Waals surface area (Å²) in [4.78, 5) is 20.2. The number of carbonyl (C=O) groups excluding carboxylic acids is 1. The van der Waals surface area contributed by atoms with E-state index in [1.165, 1.54) is 23.5 Å². The van der Waals surface area contributed by atoms with E-state index in [0.29, 0.717) is 28.0 Å². The van der Waals surface area contributed by atoms with Crippen molar-refractivity contribution in [1.82, 2.24) is 4.98 Å². The van der Waals surface area contributed by atoms with Gasteiger partial charge in [-0.25, -0.2) is 4.39 Å². The van der Waals surface area contributed by atoms with Gasteiger partial charge in [0.25, 0.3) is 0 Å². The minimum absolute atomic E-state index is 0.00151. The highest BCUT2D eigenvalue weighted by Crippen LogP contribution is 2.47. The van der Waals surface area contributed by atoms with Crippen molar-refractivity contribution in [3.63, 3.8) is 0 Å². The molecule has 2 atom stereocenters. The number of aliphatic hydroxyl groups excluding tert-OH is 1. The number of fused-ring (bicyclic) bond motifs is 1. The Labute approximate surface area is 252 Å². The number of cyclic esters (lactones) is 1. The second-order valence-electron chi connectivity index (χ2n) is 10.4. The number of esters is 1. The lowest BCUT2D eigenvalue weighted by Gasteiger charge is -2.23. The molecule has 1 saturated carbocycles. The van der Waals surface area contributed by atoms with Gasteiger partial charge in [0.05, 0.1) is 42.9 Å². The van der Waals surface area contributed by atoms with E-state index in [-0.39, 0.29) is 18.2 Å². The molecular formula is C33H30FNO5S2. The van der Waals surface area contributed by atoms with E-state index in [1.807, 2.05) is 66.7 Å². The maximum atomic E-state index is 15.8. The Morgan fingerprint density at radius 2 is 1.69 bits per heavy atom. The molecule has 9 heteroatoms. The van der Waals surface area contributed by atoms with Crippen LogP contribution in [0.15, 0.2) is 86.3 Å². The Morgan fingerprint density at radius 3 is 2.33 bits per heavy atom. The molecule has 0 amide bonds. The molecule has 1 aliphatic carbocycles. The Kier molecular flexibility index (Phi) is 8.42. The average molecular weight is 604 g/mol. The molecule has 4 aromatic rings. The number of aliphatic hydroxyl groups is 1. The second kappa shape index (κ2) is 12.4. The molecule has 6 nitrogen and oxygen atoms in total. The van der Waals surface area contributed by atoms with Crippen LogP contribution in [0.25, 0.3) is 17.0 Å². The summed E-state index contributed by atoms with van der Waals surface area (Å²) in [5.41, 5.74) is 2.53. The number of carbonyl (C=O) groups is 1. The van der Waals surface area contributed by atoms with Crippen LogP contribution in [0.1, 0.15) is 42.9 Å². The summed E-state index contributed by atoms with van der Waals surface area (Å²) in [6, 6.07) is 18.7. The molecule has 6 rings (SSSR count). The van der Waals surface area contributed by atoms with Gasteiger partial charge in [0.2, 0.25) is 0 Å². The molecule has 1 saturated heterocycles. The van der Waals surface area contributed by atoms with Crippen molar-refractivity contribution in [3.05, 3.63) is 83.8 Å². The first kappa shape index (κ1) is 28.6. The Morgan fingerprint density at radius 1 is 1.00 bits per heavy atom. The monoisotopic (exact) mass is 603 g/mol. The molecule has 0 spiro atoms. The standard InChI is InChI=1S/C33H30FNO5S2/c1-38-21-5-3-7-24(15-21)41-30-18-29-27(17-28(30)34)33(42-25-8-4-6-22(16-25)39-2)26(32(35-29)19-9-10-19)12-11-23-13-20(36)14-31(37)40-23/h3-8,11-12,15-20,23,36H,9-10,13-14H2,1-2H3/b12-11+. The molecule has 0 radical (unpaired) electrons. The summed E-state index contributed by atoms with van der Waals surface area (Å²) in [6.45, 7) is 0. The highest BCUT2D eigenvalue weighted by Gasteiger charge is 2.31. The zero-order chi connectivity index (χ0) is 29.2. The zero-order valence-electron chi connectivity index (χ0n) is 23.2. The maximum Gasteiger partial charge on any atom is 0.309 e. The molecule has 0 bridgehead atoms. The predicted molar refractivity (Wildman–Crippen MR) is 162 cm³/mol. The Bertz CT molecular complexity index is 1670. The summed E-state index contributed by atoms with van der Waals surface area (Å²) in [5.74, 6) is 0.960. The summed E-state index contributed by atoms with van der Waals surface area (Å²) in [7, 11) is 3.24. The number of methoxy groups -OCH3 is 2. The van der Waals surface area contributed by atoms with E-state index >= 15 is 4.39 Å². The fourth-order valence-corrected chi connectivity index (χ4v) is 7.01. The van der Waals surface area contributed by atoms with Crippen molar-refractivity contribution < 1.29 is 28.5 Å². The van der Waals surface area contributed by atoms with E-state index in [9.17, 15) is 9.90 Å². The van der Waals surface area contributed by atoms with Crippen molar-refractivity contribution in [1.29, 1.82) is 0 Å². The predicted octanol–water partition coefficient (Wildman–Crippen LogP) is 7.65. The number of hydrogen-bond donors (Lipinski definition) is 1. The van der Waals surface area contributed by atoms with Gasteiger partial charge < -0.3 is 19.3 Å². The fourth-order valence-electron chi connectivity index (χ4n) is 4.99. The first-order chi connectivity index (χ1) is 20.4. The number of nitrogens with zero attached hydrogens (tertiary/aromatic N) is 1. The van der Waals surface area contributed by atoms with Crippen LogP contribution in [0.5, 0.6) is 11.5 Å². The number of halogens is 1. The maximum absolute atomic E-state index is 15.8. The van der Waals surface area contributed by atoms with Gasteiger partial charge in [0, 0.05) is 38.0 Å². The molecule has 2 heterocycles. The van der Waals surface area contributed by atoms with Crippen molar-refractivity contribution in [2.24, 2.45) is 0 Å². The van der Waals surface area contributed by atoms with Gasteiger partial charge in [0.1, 0.15) is 23.4 Å². The van der Waals surface area contributed by atoms with Crippen molar-refractivity contribution in [3.8, 4) is 11.5 Å². The van der Waals surface area contributed by atoms with E-state index in [4.69, 9.17) is 19.2 Å². The average Bonchev–Trinajstić information content (AvgIpc) is 3.82. The first-order valence-corrected chi connectivity index (χ1v) is 15.4. The highest BCUT2D eigenvalue weighted by atomic mass is 32.2. The highest BCUT2D eigenvalue weighted by molar-refractivity contribution is 7.99.